The third-order valence-corrected chi connectivity index (χ3v) is 3.17. The lowest BCUT2D eigenvalue weighted by Crippen LogP contribution is -2.22. The number of benzene rings is 1. The predicted octanol–water partition coefficient (Wildman–Crippen LogP) is 1.88. The highest BCUT2D eigenvalue weighted by atomic mass is 35.5. The molecule has 0 unspecified atom stereocenters. The molecule has 2 aromatic rings. The Kier molecular flexibility index (Phi) is 2.80. The van der Waals surface area contributed by atoms with Crippen molar-refractivity contribution < 1.29 is 4.74 Å². The normalized spacial score (nSPS) is 13.2. The molecule has 92 valence electrons. The van der Waals surface area contributed by atoms with E-state index in [4.69, 9.17) is 16.3 Å². The minimum Gasteiger partial charge on any atom is -0.493 e. The summed E-state index contributed by atoms with van der Waals surface area (Å²) in [5, 5.41) is 0.672. The Morgan fingerprint density at radius 3 is 3.17 bits per heavy atom. The molecule has 1 aliphatic heterocycles. The number of hydrogen-bond donors (Lipinski definition) is 0. The van der Waals surface area contributed by atoms with Crippen LogP contribution in [0, 0.1) is 0 Å². The molecule has 2 heterocycles. The molecule has 0 aliphatic carbocycles. The van der Waals surface area contributed by atoms with Crippen molar-refractivity contribution in [3.63, 3.8) is 0 Å². The summed E-state index contributed by atoms with van der Waals surface area (Å²) in [6.45, 7) is 1.10. The molecule has 0 radical (unpaired) electrons. The van der Waals surface area contributed by atoms with E-state index in [2.05, 4.69) is 4.98 Å². The van der Waals surface area contributed by atoms with Gasteiger partial charge in [0.1, 0.15) is 5.75 Å². The number of nitrogens with zero attached hydrogens (tertiary/aromatic N) is 2. The number of halogens is 1. The lowest BCUT2D eigenvalue weighted by Gasteiger charge is -2.10. The quantitative estimate of drug-likeness (QED) is 0.830. The Morgan fingerprint density at radius 1 is 1.44 bits per heavy atom. The van der Waals surface area contributed by atoms with Crippen molar-refractivity contribution in [3.05, 3.63) is 57.2 Å². The zero-order valence-electron chi connectivity index (χ0n) is 9.60. The van der Waals surface area contributed by atoms with E-state index in [0.717, 1.165) is 23.3 Å². The van der Waals surface area contributed by atoms with Crippen LogP contribution in [-0.4, -0.2) is 16.2 Å². The molecule has 1 aliphatic rings. The second-order valence-electron chi connectivity index (χ2n) is 4.18. The second kappa shape index (κ2) is 4.46. The zero-order valence-corrected chi connectivity index (χ0v) is 10.4. The third-order valence-electron chi connectivity index (χ3n) is 2.95. The SMILES string of the molecule is O=c1ncccn1Cc1cc(Cl)cc2c1OCC2. The van der Waals surface area contributed by atoms with Crippen LogP contribution in [0.15, 0.2) is 35.4 Å². The number of aromatic nitrogens is 2. The van der Waals surface area contributed by atoms with Crippen molar-refractivity contribution in [1.82, 2.24) is 9.55 Å². The number of ether oxygens (including phenoxy) is 1. The van der Waals surface area contributed by atoms with E-state index in [1.165, 1.54) is 10.8 Å². The van der Waals surface area contributed by atoms with Crippen molar-refractivity contribution in [2.75, 3.05) is 6.61 Å². The summed E-state index contributed by atoms with van der Waals surface area (Å²) in [6, 6.07) is 5.48. The monoisotopic (exact) mass is 262 g/mol. The summed E-state index contributed by atoms with van der Waals surface area (Å²) < 4.78 is 7.14. The fourth-order valence-corrected chi connectivity index (χ4v) is 2.42. The van der Waals surface area contributed by atoms with E-state index in [-0.39, 0.29) is 5.69 Å². The molecule has 0 saturated carbocycles. The van der Waals surface area contributed by atoms with E-state index in [0.29, 0.717) is 18.2 Å². The van der Waals surface area contributed by atoms with E-state index in [1.54, 1.807) is 12.3 Å². The summed E-state index contributed by atoms with van der Waals surface area (Å²) in [6.07, 6.45) is 4.06. The van der Waals surface area contributed by atoms with Crippen LogP contribution in [0.2, 0.25) is 5.02 Å². The fraction of sp³-hybridized carbons (Fsp3) is 0.231. The number of fused-ring (bicyclic) bond motifs is 1. The van der Waals surface area contributed by atoms with Gasteiger partial charge in [0, 0.05) is 29.4 Å². The maximum absolute atomic E-state index is 11.6. The summed E-state index contributed by atoms with van der Waals surface area (Å²) in [7, 11) is 0. The third kappa shape index (κ3) is 1.99. The lowest BCUT2D eigenvalue weighted by atomic mass is 10.1. The van der Waals surface area contributed by atoms with E-state index in [1.807, 2.05) is 12.1 Å². The van der Waals surface area contributed by atoms with Gasteiger partial charge in [0.15, 0.2) is 0 Å². The van der Waals surface area contributed by atoms with Crippen LogP contribution in [-0.2, 0) is 13.0 Å². The topological polar surface area (TPSA) is 44.1 Å². The molecule has 4 nitrogen and oxygen atoms in total. The highest BCUT2D eigenvalue weighted by Crippen LogP contribution is 2.33. The van der Waals surface area contributed by atoms with Gasteiger partial charge < -0.3 is 4.74 Å². The minimum atomic E-state index is -0.274. The first-order valence-corrected chi connectivity index (χ1v) is 6.07. The molecule has 0 atom stereocenters. The van der Waals surface area contributed by atoms with Crippen LogP contribution >= 0.6 is 11.6 Å². The van der Waals surface area contributed by atoms with Gasteiger partial charge in [-0.3, -0.25) is 4.57 Å². The van der Waals surface area contributed by atoms with Crippen molar-refractivity contribution >= 4 is 11.6 Å². The van der Waals surface area contributed by atoms with Crippen LogP contribution in [0.1, 0.15) is 11.1 Å². The maximum Gasteiger partial charge on any atom is 0.347 e. The number of rotatable bonds is 2. The minimum absolute atomic E-state index is 0.274. The van der Waals surface area contributed by atoms with Gasteiger partial charge in [-0.1, -0.05) is 11.6 Å². The Morgan fingerprint density at radius 2 is 2.33 bits per heavy atom. The van der Waals surface area contributed by atoms with Crippen LogP contribution in [0.25, 0.3) is 0 Å². The average Bonchev–Trinajstić information content (AvgIpc) is 2.80. The van der Waals surface area contributed by atoms with Gasteiger partial charge in [0.2, 0.25) is 0 Å². The highest BCUT2D eigenvalue weighted by Gasteiger charge is 2.17. The maximum atomic E-state index is 11.6. The molecule has 0 spiro atoms. The standard InChI is InChI=1S/C13H11ClN2O2/c14-11-6-9-2-5-18-12(9)10(7-11)8-16-4-1-3-15-13(16)17/h1,3-4,6-7H,2,5,8H2. The van der Waals surface area contributed by atoms with E-state index < -0.39 is 0 Å². The number of hydrogen-bond acceptors (Lipinski definition) is 3. The van der Waals surface area contributed by atoms with Gasteiger partial charge in [0.25, 0.3) is 0 Å². The molecule has 0 fully saturated rings. The van der Waals surface area contributed by atoms with Crippen molar-refractivity contribution in [2.45, 2.75) is 13.0 Å². The zero-order chi connectivity index (χ0) is 12.5. The van der Waals surface area contributed by atoms with E-state index in [9.17, 15) is 4.79 Å². The second-order valence-corrected chi connectivity index (χ2v) is 4.62. The van der Waals surface area contributed by atoms with Crippen LogP contribution in [0.4, 0.5) is 0 Å². The van der Waals surface area contributed by atoms with Gasteiger partial charge in [-0.15, -0.1) is 0 Å². The van der Waals surface area contributed by atoms with Crippen LogP contribution < -0.4 is 10.4 Å². The molecular formula is C13H11ClN2O2. The molecule has 5 heteroatoms. The smallest absolute Gasteiger partial charge is 0.347 e. The molecule has 18 heavy (non-hydrogen) atoms. The van der Waals surface area contributed by atoms with E-state index >= 15 is 0 Å². The fourth-order valence-electron chi connectivity index (χ4n) is 2.15. The lowest BCUT2D eigenvalue weighted by molar-refractivity contribution is 0.352. The Labute approximate surface area is 109 Å². The summed E-state index contributed by atoms with van der Waals surface area (Å²) in [5.41, 5.74) is 1.75. The molecule has 3 rings (SSSR count). The Hall–Kier alpha value is -1.81. The average molecular weight is 263 g/mol. The molecule has 0 N–H and O–H groups in total. The van der Waals surface area contributed by atoms with Crippen molar-refractivity contribution in [2.24, 2.45) is 0 Å². The molecular weight excluding hydrogens is 252 g/mol. The first-order chi connectivity index (χ1) is 8.74. The first kappa shape index (κ1) is 11.3. The molecule has 0 amide bonds. The van der Waals surface area contributed by atoms with Gasteiger partial charge in [-0.05, 0) is 23.8 Å². The molecule has 1 aromatic carbocycles. The van der Waals surface area contributed by atoms with Gasteiger partial charge in [-0.25, -0.2) is 9.78 Å². The summed E-state index contributed by atoms with van der Waals surface area (Å²) in [4.78, 5) is 15.3. The Bertz CT molecular complexity index is 652. The van der Waals surface area contributed by atoms with Crippen LogP contribution in [0.5, 0.6) is 5.75 Å². The van der Waals surface area contributed by atoms with Crippen molar-refractivity contribution in [1.29, 1.82) is 0 Å². The largest absolute Gasteiger partial charge is 0.493 e. The van der Waals surface area contributed by atoms with Gasteiger partial charge in [0.05, 0.1) is 13.2 Å². The summed E-state index contributed by atoms with van der Waals surface area (Å²) >= 11 is 6.08. The first-order valence-electron chi connectivity index (χ1n) is 5.69. The van der Waals surface area contributed by atoms with Gasteiger partial charge in [-0.2, -0.15) is 0 Å². The molecule has 0 bridgehead atoms. The molecule has 1 aromatic heterocycles. The molecule has 0 saturated heterocycles. The van der Waals surface area contributed by atoms with Gasteiger partial charge >= 0.3 is 5.69 Å². The summed E-state index contributed by atoms with van der Waals surface area (Å²) in [5.74, 6) is 0.857. The van der Waals surface area contributed by atoms with Crippen LogP contribution in [0.3, 0.4) is 0 Å². The highest BCUT2D eigenvalue weighted by molar-refractivity contribution is 6.30. The van der Waals surface area contributed by atoms with Crippen molar-refractivity contribution in [3.8, 4) is 5.75 Å². The Balaban J connectivity index is 2.04. The predicted molar refractivity (Wildman–Crippen MR) is 68.3 cm³/mol.